The molecule has 0 bridgehead atoms. The van der Waals surface area contributed by atoms with Gasteiger partial charge in [0.2, 0.25) is 0 Å². The number of likely N-dealkylation sites (tertiary alicyclic amines) is 1. The summed E-state index contributed by atoms with van der Waals surface area (Å²) in [6.07, 6.45) is 6.55. The van der Waals surface area contributed by atoms with E-state index in [1.165, 1.54) is 19.3 Å². The van der Waals surface area contributed by atoms with Gasteiger partial charge in [-0.15, -0.1) is 0 Å². The molecule has 1 saturated heterocycles. The lowest BCUT2D eigenvalue weighted by Gasteiger charge is -2.20. The average molecular weight is 305 g/mol. The Balaban J connectivity index is 1.68. The Kier molecular flexibility index (Phi) is 3.93. The maximum Gasteiger partial charge on any atom is 0.311 e. The normalized spacial score (nSPS) is 26.3. The van der Waals surface area contributed by atoms with E-state index >= 15 is 0 Å². The number of carboxylic acid groups (broad SMARTS) is 1. The Morgan fingerprint density at radius 2 is 2.09 bits per heavy atom. The lowest BCUT2D eigenvalue weighted by Crippen LogP contribution is -2.35. The summed E-state index contributed by atoms with van der Waals surface area (Å²) >= 11 is 0. The zero-order valence-electron chi connectivity index (χ0n) is 13.0. The molecule has 2 fully saturated rings. The molecule has 120 valence electrons. The van der Waals surface area contributed by atoms with Crippen LogP contribution in [-0.4, -0.2) is 45.2 Å². The monoisotopic (exact) mass is 305 g/mol. The number of aromatic nitrogens is 2. The van der Waals surface area contributed by atoms with Crippen LogP contribution in [0.25, 0.3) is 0 Å². The van der Waals surface area contributed by atoms with E-state index in [2.05, 4.69) is 10.2 Å². The average Bonchev–Trinajstić information content (AvgIpc) is 3.15. The first-order valence-corrected chi connectivity index (χ1v) is 8.07. The van der Waals surface area contributed by atoms with E-state index in [9.17, 15) is 14.7 Å². The van der Waals surface area contributed by atoms with E-state index < -0.39 is 11.4 Å². The van der Waals surface area contributed by atoms with Crippen LogP contribution in [0.5, 0.6) is 0 Å². The van der Waals surface area contributed by atoms with Crippen molar-refractivity contribution in [1.82, 2.24) is 15.1 Å². The summed E-state index contributed by atoms with van der Waals surface area (Å²) in [5.41, 5.74) is 0.622. The predicted molar refractivity (Wildman–Crippen MR) is 80.7 cm³/mol. The molecule has 0 spiro atoms. The third kappa shape index (κ3) is 2.74. The van der Waals surface area contributed by atoms with Crippen molar-refractivity contribution in [3.05, 3.63) is 17.5 Å². The molecule has 1 aromatic rings. The molecular weight excluding hydrogens is 282 g/mol. The molecule has 1 aliphatic heterocycles. The molecule has 2 N–H and O–H groups in total. The van der Waals surface area contributed by atoms with Crippen LogP contribution in [0, 0.1) is 5.41 Å². The number of amides is 1. The molecule has 1 saturated carbocycles. The minimum Gasteiger partial charge on any atom is -0.481 e. The van der Waals surface area contributed by atoms with Gasteiger partial charge in [0.05, 0.1) is 5.41 Å². The predicted octanol–water partition coefficient (Wildman–Crippen LogP) is 2.39. The first-order valence-electron chi connectivity index (χ1n) is 8.07. The Morgan fingerprint density at radius 1 is 1.36 bits per heavy atom. The summed E-state index contributed by atoms with van der Waals surface area (Å²) in [6.45, 7) is 2.43. The largest absolute Gasteiger partial charge is 0.481 e. The molecule has 1 atom stereocenters. The maximum atomic E-state index is 12.5. The lowest BCUT2D eigenvalue weighted by atomic mass is 9.87. The molecule has 1 unspecified atom stereocenters. The molecule has 6 nitrogen and oxygen atoms in total. The van der Waals surface area contributed by atoms with Gasteiger partial charge in [-0.3, -0.25) is 14.7 Å². The molecule has 1 aliphatic carbocycles. The number of nitrogens with zero attached hydrogens (tertiary/aromatic N) is 2. The summed E-state index contributed by atoms with van der Waals surface area (Å²) in [7, 11) is 0. The van der Waals surface area contributed by atoms with Crippen molar-refractivity contribution < 1.29 is 14.7 Å². The number of hydrogen-bond acceptors (Lipinski definition) is 3. The van der Waals surface area contributed by atoms with Gasteiger partial charge < -0.3 is 10.0 Å². The van der Waals surface area contributed by atoms with E-state index in [-0.39, 0.29) is 12.5 Å². The Labute approximate surface area is 129 Å². The lowest BCUT2D eigenvalue weighted by molar-refractivity contribution is -0.147. The molecule has 1 amide bonds. The van der Waals surface area contributed by atoms with Crippen molar-refractivity contribution in [3.8, 4) is 0 Å². The van der Waals surface area contributed by atoms with Gasteiger partial charge in [-0.05, 0) is 32.3 Å². The quantitative estimate of drug-likeness (QED) is 0.897. The summed E-state index contributed by atoms with van der Waals surface area (Å²) in [6, 6.07) is 1.86. The smallest absolute Gasteiger partial charge is 0.311 e. The molecule has 2 heterocycles. The van der Waals surface area contributed by atoms with E-state index in [4.69, 9.17) is 0 Å². The van der Waals surface area contributed by atoms with Crippen LogP contribution < -0.4 is 0 Å². The molecule has 6 heteroatoms. The Morgan fingerprint density at radius 3 is 2.73 bits per heavy atom. The van der Waals surface area contributed by atoms with Gasteiger partial charge in [0.25, 0.3) is 5.91 Å². The highest BCUT2D eigenvalue weighted by atomic mass is 16.4. The highest BCUT2D eigenvalue weighted by Gasteiger charge is 2.42. The Hall–Kier alpha value is -1.85. The highest BCUT2D eigenvalue weighted by molar-refractivity contribution is 5.93. The third-order valence-electron chi connectivity index (χ3n) is 5.14. The van der Waals surface area contributed by atoms with Gasteiger partial charge in [-0.1, -0.05) is 19.3 Å². The number of rotatable bonds is 3. The Bertz CT molecular complexity index is 577. The molecule has 22 heavy (non-hydrogen) atoms. The van der Waals surface area contributed by atoms with Crippen LogP contribution in [0.1, 0.15) is 67.5 Å². The van der Waals surface area contributed by atoms with Crippen molar-refractivity contribution in [3.63, 3.8) is 0 Å². The zero-order chi connectivity index (χ0) is 15.7. The van der Waals surface area contributed by atoms with Crippen LogP contribution in [0.3, 0.4) is 0 Å². The first kappa shape index (κ1) is 15.1. The van der Waals surface area contributed by atoms with Crippen LogP contribution in [0.2, 0.25) is 0 Å². The second kappa shape index (κ2) is 5.74. The molecular formula is C16H23N3O3. The van der Waals surface area contributed by atoms with Crippen molar-refractivity contribution in [2.45, 2.75) is 51.4 Å². The molecule has 2 aliphatic rings. The van der Waals surface area contributed by atoms with Gasteiger partial charge in [-0.2, -0.15) is 5.10 Å². The fourth-order valence-electron chi connectivity index (χ4n) is 3.54. The van der Waals surface area contributed by atoms with Gasteiger partial charge in [0.15, 0.2) is 0 Å². The number of aromatic amines is 1. The van der Waals surface area contributed by atoms with Crippen molar-refractivity contribution in [1.29, 1.82) is 0 Å². The van der Waals surface area contributed by atoms with E-state index in [0.29, 0.717) is 24.6 Å². The second-order valence-corrected chi connectivity index (χ2v) is 6.89. The van der Waals surface area contributed by atoms with Crippen molar-refractivity contribution in [2.24, 2.45) is 5.41 Å². The van der Waals surface area contributed by atoms with Gasteiger partial charge >= 0.3 is 5.97 Å². The SMILES string of the molecule is CC1(C(=O)O)CCN(C(=O)c2cc(C3CCCCC3)[nH]n2)C1. The number of aliphatic carboxylic acids is 1. The third-order valence-corrected chi connectivity index (χ3v) is 5.14. The summed E-state index contributed by atoms with van der Waals surface area (Å²) in [5, 5.41) is 16.4. The topological polar surface area (TPSA) is 86.3 Å². The minimum atomic E-state index is -0.840. The number of carbonyl (C=O) groups is 2. The second-order valence-electron chi connectivity index (χ2n) is 6.89. The fourth-order valence-corrected chi connectivity index (χ4v) is 3.54. The van der Waals surface area contributed by atoms with Gasteiger partial charge in [0.1, 0.15) is 5.69 Å². The summed E-state index contributed by atoms with van der Waals surface area (Å²) in [4.78, 5) is 25.4. The highest BCUT2D eigenvalue weighted by Crippen LogP contribution is 2.33. The number of carboxylic acids is 1. The van der Waals surface area contributed by atoms with Gasteiger partial charge in [-0.25, -0.2) is 0 Å². The van der Waals surface area contributed by atoms with Gasteiger partial charge in [0, 0.05) is 24.7 Å². The number of nitrogens with one attached hydrogen (secondary N) is 1. The minimum absolute atomic E-state index is 0.164. The van der Waals surface area contributed by atoms with E-state index in [0.717, 1.165) is 18.5 Å². The number of carbonyl (C=O) groups excluding carboxylic acids is 1. The fraction of sp³-hybridized carbons (Fsp3) is 0.688. The van der Waals surface area contributed by atoms with Crippen LogP contribution in [-0.2, 0) is 4.79 Å². The van der Waals surface area contributed by atoms with Crippen LogP contribution >= 0.6 is 0 Å². The van der Waals surface area contributed by atoms with Crippen LogP contribution in [0.4, 0.5) is 0 Å². The zero-order valence-corrected chi connectivity index (χ0v) is 13.0. The van der Waals surface area contributed by atoms with Crippen molar-refractivity contribution in [2.75, 3.05) is 13.1 Å². The molecule has 0 aromatic carbocycles. The molecule has 1 aromatic heterocycles. The van der Waals surface area contributed by atoms with Crippen molar-refractivity contribution >= 4 is 11.9 Å². The van der Waals surface area contributed by atoms with E-state index in [1.54, 1.807) is 11.8 Å². The van der Waals surface area contributed by atoms with Crippen LogP contribution in [0.15, 0.2) is 6.07 Å². The van der Waals surface area contributed by atoms with E-state index in [1.807, 2.05) is 6.07 Å². The summed E-state index contributed by atoms with van der Waals surface area (Å²) in [5.74, 6) is -0.526. The molecule has 3 rings (SSSR count). The summed E-state index contributed by atoms with van der Waals surface area (Å²) < 4.78 is 0. The molecule has 0 radical (unpaired) electrons. The standard InChI is InChI=1S/C16H23N3O3/c1-16(15(21)22)7-8-19(10-16)14(20)13-9-12(17-18-13)11-5-3-2-4-6-11/h9,11H,2-8,10H2,1H3,(H,17,18)(H,21,22). The number of hydrogen-bond donors (Lipinski definition) is 2. The number of H-pyrrole nitrogens is 1. The maximum absolute atomic E-state index is 12.5. The first-order chi connectivity index (χ1) is 10.5.